The molecule has 0 spiro atoms. The molecule has 0 aliphatic carbocycles. The predicted molar refractivity (Wildman–Crippen MR) is 75.5 cm³/mol. The first-order valence-corrected chi connectivity index (χ1v) is 8.35. The van der Waals surface area contributed by atoms with Gasteiger partial charge in [0.15, 0.2) is 0 Å². The normalized spacial score (nSPS) is 22.3. The molecular formula is C12H19N5O2S. The fourth-order valence-corrected chi connectivity index (χ4v) is 4.33. The van der Waals surface area contributed by atoms with Gasteiger partial charge in [-0.25, -0.2) is 9.97 Å². The summed E-state index contributed by atoms with van der Waals surface area (Å²) in [6.07, 6.45) is 5.35. The van der Waals surface area contributed by atoms with E-state index in [2.05, 4.69) is 9.97 Å². The first-order valence-electron chi connectivity index (χ1n) is 6.95. The van der Waals surface area contributed by atoms with Gasteiger partial charge in [0.05, 0.1) is 0 Å². The van der Waals surface area contributed by atoms with Crippen LogP contribution in [0.5, 0.6) is 0 Å². The average molecular weight is 297 g/mol. The summed E-state index contributed by atoms with van der Waals surface area (Å²) < 4.78 is 28.0. The number of nitrogens with zero attached hydrogens (tertiary/aromatic N) is 5. The van der Waals surface area contributed by atoms with Crippen LogP contribution in [0, 0.1) is 0 Å². The molecule has 2 fully saturated rings. The van der Waals surface area contributed by atoms with Gasteiger partial charge < -0.3 is 4.90 Å². The Morgan fingerprint density at radius 2 is 1.40 bits per heavy atom. The average Bonchev–Trinajstić information content (AvgIpc) is 3.03. The van der Waals surface area contributed by atoms with Crippen molar-refractivity contribution in [3.8, 4) is 0 Å². The quantitative estimate of drug-likeness (QED) is 0.782. The van der Waals surface area contributed by atoms with Crippen molar-refractivity contribution in [2.45, 2.75) is 12.8 Å². The monoisotopic (exact) mass is 297 g/mol. The van der Waals surface area contributed by atoms with E-state index in [9.17, 15) is 8.42 Å². The summed E-state index contributed by atoms with van der Waals surface area (Å²) in [7, 11) is -3.27. The molecule has 3 heterocycles. The molecule has 2 aliphatic heterocycles. The van der Waals surface area contributed by atoms with Crippen LogP contribution in [-0.4, -0.2) is 66.3 Å². The summed E-state index contributed by atoms with van der Waals surface area (Å²) in [4.78, 5) is 10.4. The summed E-state index contributed by atoms with van der Waals surface area (Å²) in [6.45, 7) is 3.58. The smallest absolute Gasteiger partial charge is 0.282 e. The Morgan fingerprint density at radius 3 is 2.00 bits per heavy atom. The van der Waals surface area contributed by atoms with Crippen molar-refractivity contribution >= 4 is 16.2 Å². The fourth-order valence-electron chi connectivity index (χ4n) is 2.66. The Balaban J connectivity index is 1.64. The Kier molecular flexibility index (Phi) is 3.86. The van der Waals surface area contributed by atoms with Gasteiger partial charge in [-0.15, -0.1) is 0 Å². The molecule has 0 bridgehead atoms. The Morgan fingerprint density at radius 1 is 0.850 bits per heavy atom. The number of anilines is 1. The van der Waals surface area contributed by atoms with Crippen molar-refractivity contribution in [1.82, 2.24) is 18.6 Å². The van der Waals surface area contributed by atoms with Crippen LogP contribution < -0.4 is 4.90 Å². The highest BCUT2D eigenvalue weighted by atomic mass is 32.2. The standard InChI is InChI=1S/C12H19N5O2S/c18-20(19,16-6-1-2-7-16)17-10-8-15(9-11-17)12-13-4-3-5-14-12/h3-5H,1-2,6-11H2. The lowest BCUT2D eigenvalue weighted by atomic mass is 10.4. The van der Waals surface area contributed by atoms with Gasteiger partial charge in [0.25, 0.3) is 10.2 Å². The third kappa shape index (κ3) is 2.63. The van der Waals surface area contributed by atoms with Crippen LogP contribution in [-0.2, 0) is 10.2 Å². The highest BCUT2D eigenvalue weighted by molar-refractivity contribution is 7.86. The molecular weight excluding hydrogens is 278 g/mol. The lowest BCUT2D eigenvalue weighted by molar-refractivity contribution is 0.342. The van der Waals surface area contributed by atoms with Crippen LogP contribution in [0.4, 0.5) is 5.95 Å². The second-order valence-electron chi connectivity index (χ2n) is 5.05. The molecule has 8 heteroatoms. The molecule has 2 aliphatic rings. The molecule has 0 N–H and O–H groups in total. The van der Waals surface area contributed by atoms with Crippen molar-refractivity contribution in [2.24, 2.45) is 0 Å². The minimum absolute atomic E-state index is 0.497. The number of piperazine rings is 1. The van der Waals surface area contributed by atoms with E-state index in [1.54, 1.807) is 27.1 Å². The third-order valence-corrected chi connectivity index (χ3v) is 5.83. The van der Waals surface area contributed by atoms with E-state index >= 15 is 0 Å². The van der Waals surface area contributed by atoms with Crippen LogP contribution in [0.3, 0.4) is 0 Å². The molecule has 110 valence electrons. The van der Waals surface area contributed by atoms with Crippen LogP contribution in [0.1, 0.15) is 12.8 Å². The number of hydrogen-bond donors (Lipinski definition) is 0. The maximum atomic E-state index is 12.4. The van der Waals surface area contributed by atoms with E-state index in [4.69, 9.17) is 0 Å². The van der Waals surface area contributed by atoms with Gasteiger partial charge in [-0.05, 0) is 18.9 Å². The molecule has 1 aromatic rings. The van der Waals surface area contributed by atoms with Gasteiger partial charge in [0.2, 0.25) is 5.95 Å². The number of hydrogen-bond acceptors (Lipinski definition) is 5. The first kappa shape index (κ1) is 13.7. The van der Waals surface area contributed by atoms with Crippen molar-refractivity contribution < 1.29 is 8.42 Å². The second kappa shape index (κ2) is 5.63. The Labute approximate surface area is 119 Å². The van der Waals surface area contributed by atoms with Crippen LogP contribution in [0.2, 0.25) is 0 Å². The number of aromatic nitrogens is 2. The molecule has 20 heavy (non-hydrogen) atoms. The largest absolute Gasteiger partial charge is 0.338 e. The van der Waals surface area contributed by atoms with Crippen molar-refractivity contribution in [3.63, 3.8) is 0 Å². The van der Waals surface area contributed by atoms with E-state index in [1.807, 2.05) is 4.90 Å². The van der Waals surface area contributed by atoms with Gasteiger partial charge in [-0.3, -0.25) is 0 Å². The van der Waals surface area contributed by atoms with Crippen molar-refractivity contribution in [3.05, 3.63) is 18.5 Å². The van der Waals surface area contributed by atoms with Crippen LogP contribution in [0.25, 0.3) is 0 Å². The molecule has 1 aromatic heterocycles. The molecule has 0 radical (unpaired) electrons. The topological polar surface area (TPSA) is 69.6 Å². The zero-order valence-corrected chi connectivity index (χ0v) is 12.2. The SMILES string of the molecule is O=S(=O)(N1CCCC1)N1CCN(c2ncccn2)CC1. The van der Waals surface area contributed by atoms with E-state index in [1.165, 1.54) is 0 Å². The summed E-state index contributed by atoms with van der Waals surface area (Å²) in [6, 6.07) is 1.78. The van der Waals surface area contributed by atoms with Gasteiger partial charge in [-0.2, -0.15) is 17.0 Å². The maximum absolute atomic E-state index is 12.4. The minimum Gasteiger partial charge on any atom is -0.338 e. The second-order valence-corrected chi connectivity index (χ2v) is 6.98. The summed E-state index contributed by atoms with van der Waals surface area (Å²) in [5, 5.41) is 0. The molecule has 0 saturated carbocycles. The fraction of sp³-hybridized carbons (Fsp3) is 0.667. The first-order chi connectivity index (χ1) is 9.68. The zero-order valence-electron chi connectivity index (χ0n) is 11.3. The minimum atomic E-state index is -3.27. The molecule has 0 aromatic carbocycles. The molecule has 7 nitrogen and oxygen atoms in total. The van der Waals surface area contributed by atoms with E-state index < -0.39 is 10.2 Å². The van der Waals surface area contributed by atoms with Crippen molar-refractivity contribution in [1.29, 1.82) is 0 Å². The van der Waals surface area contributed by atoms with Gasteiger partial charge in [0.1, 0.15) is 0 Å². The molecule has 0 amide bonds. The molecule has 0 atom stereocenters. The maximum Gasteiger partial charge on any atom is 0.282 e. The van der Waals surface area contributed by atoms with E-state index in [-0.39, 0.29) is 0 Å². The summed E-state index contributed by atoms with van der Waals surface area (Å²) >= 11 is 0. The van der Waals surface area contributed by atoms with Gasteiger partial charge in [-0.1, -0.05) is 0 Å². The molecule has 3 rings (SSSR count). The van der Waals surface area contributed by atoms with E-state index in [0.29, 0.717) is 45.2 Å². The predicted octanol–water partition coefficient (Wildman–Crippen LogP) is -0.0608. The Hall–Kier alpha value is -1.25. The lowest BCUT2D eigenvalue weighted by Gasteiger charge is -2.35. The highest BCUT2D eigenvalue weighted by Gasteiger charge is 2.34. The van der Waals surface area contributed by atoms with E-state index in [0.717, 1.165) is 12.8 Å². The highest BCUT2D eigenvalue weighted by Crippen LogP contribution is 2.19. The summed E-state index contributed by atoms with van der Waals surface area (Å²) in [5.41, 5.74) is 0. The third-order valence-electron chi connectivity index (χ3n) is 3.79. The van der Waals surface area contributed by atoms with Gasteiger partial charge in [0, 0.05) is 51.7 Å². The molecule has 2 saturated heterocycles. The van der Waals surface area contributed by atoms with Crippen LogP contribution >= 0.6 is 0 Å². The molecule has 0 unspecified atom stereocenters. The van der Waals surface area contributed by atoms with Gasteiger partial charge >= 0.3 is 0 Å². The van der Waals surface area contributed by atoms with Crippen molar-refractivity contribution in [2.75, 3.05) is 44.2 Å². The lowest BCUT2D eigenvalue weighted by Crippen LogP contribution is -2.52. The number of rotatable bonds is 3. The Bertz CT molecular complexity index is 536. The zero-order chi connectivity index (χ0) is 14.0. The summed E-state index contributed by atoms with van der Waals surface area (Å²) in [5.74, 6) is 0.672. The van der Waals surface area contributed by atoms with Crippen LogP contribution in [0.15, 0.2) is 18.5 Å².